The lowest BCUT2D eigenvalue weighted by atomic mass is 10.1. The van der Waals surface area contributed by atoms with Gasteiger partial charge in [0.25, 0.3) is 0 Å². The van der Waals surface area contributed by atoms with E-state index in [1.807, 2.05) is 45.0 Å². The zero-order chi connectivity index (χ0) is 15.6. The number of nitriles is 1. The molecule has 0 N–H and O–H groups in total. The van der Waals surface area contributed by atoms with E-state index in [0.717, 1.165) is 23.1 Å². The molecule has 2 atom stereocenters. The van der Waals surface area contributed by atoms with Crippen molar-refractivity contribution in [2.75, 3.05) is 0 Å². The van der Waals surface area contributed by atoms with E-state index in [4.69, 9.17) is 4.74 Å². The van der Waals surface area contributed by atoms with E-state index in [2.05, 4.69) is 10.6 Å². The highest BCUT2D eigenvalue weighted by Gasteiger charge is 2.60. The fraction of sp³-hybridized carbons (Fsp3) is 0.412. The molecular weight excluding hydrogens is 278 g/mol. The van der Waals surface area contributed by atoms with Crippen LogP contribution in [0.3, 0.4) is 0 Å². The minimum atomic E-state index is -0.501. The summed E-state index contributed by atoms with van der Waals surface area (Å²) in [5, 5.41) is 10.5. The molecule has 3 heterocycles. The highest BCUT2D eigenvalue weighted by molar-refractivity contribution is 5.90. The van der Waals surface area contributed by atoms with Crippen LogP contribution >= 0.6 is 0 Å². The van der Waals surface area contributed by atoms with Gasteiger partial charge in [-0.2, -0.15) is 5.26 Å². The summed E-state index contributed by atoms with van der Waals surface area (Å²) in [5.41, 5.74) is 2.22. The second kappa shape index (κ2) is 4.04. The van der Waals surface area contributed by atoms with E-state index in [9.17, 15) is 10.1 Å². The highest BCUT2D eigenvalue weighted by atomic mass is 16.6. The Balaban J connectivity index is 1.73. The number of amides is 1. The Hall–Kier alpha value is -2.48. The number of nitrogens with zero attached hydrogens (tertiary/aromatic N) is 3. The lowest BCUT2D eigenvalue weighted by molar-refractivity contribution is 0.0383. The van der Waals surface area contributed by atoms with Gasteiger partial charge >= 0.3 is 6.09 Å². The first-order valence-electron chi connectivity index (χ1n) is 7.45. The molecule has 0 aliphatic carbocycles. The van der Waals surface area contributed by atoms with Crippen LogP contribution in [0.5, 0.6) is 0 Å². The maximum absolute atomic E-state index is 12.3. The number of carbonyl (C=O) groups excluding carboxylic acids is 1. The number of para-hydroxylation sites is 1. The molecule has 0 radical (unpaired) electrons. The lowest BCUT2D eigenvalue weighted by Gasteiger charge is -2.21. The van der Waals surface area contributed by atoms with E-state index in [1.54, 1.807) is 4.90 Å². The summed E-state index contributed by atoms with van der Waals surface area (Å²) in [4.78, 5) is 14.0. The van der Waals surface area contributed by atoms with Gasteiger partial charge in [-0.15, -0.1) is 0 Å². The minimum absolute atomic E-state index is 0.0168. The Kier molecular flexibility index (Phi) is 2.42. The van der Waals surface area contributed by atoms with Crippen LogP contribution < -0.4 is 0 Å². The molecule has 5 nitrogen and oxygen atoms in total. The van der Waals surface area contributed by atoms with Gasteiger partial charge in [-0.3, -0.25) is 4.90 Å². The molecule has 1 fully saturated rings. The van der Waals surface area contributed by atoms with Gasteiger partial charge in [-0.05, 0) is 26.8 Å². The predicted octanol–water partition coefficient (Wildman–Crippen LogP) is 3.19. The molecular formula is C17H17N3O2. The fourth-order valence-electron chi connectivity index (χ4n) is 3.48. The van der Waals surface area contributed by atoms with Crippen LogP contribution in [0, 0.1) is 11.3 Å². The summed E-state index contributed by atoms with van der Waals surface area (Å²) in [5.74, 6) is 0. The number of fused-ring (bicyclic) bond motifs is 5. The summed E-state index contributed by atoms with van der Waals surface area (Å²) in [6.45, 7) is 6.33. The molecule has 4 rings (SSSR count). The quantitative estimate of drug-likeness (QED) is 0.701. The molecule has 0 unspecified atom stereocenters. The molecule has 0 spiro atoms. The fourth-order valence-corrected chi connectivity index (χ4v) is 3.48. The average molecular weight is 295 g/mol. The Morgan fingerprint density at radius 3 is 2.77 bits per heavy atom. The normalized spacial score (nSPS) is 22.2. The largest absolute Gasteiger partial charge is 0.444 e. The number of ether oxygens (including phenoxy) is 1. The van der Waals surface area contributed by atoms with E-state index in [-0.39, 0.29) is 18.2 Å². The molecule has 1 amide bonds. The van der Waals surface area contributed by atoms with Gasteiger partial charge in [0.2, 0.25) is 0 Å². The Morgan fingerprint density at radius 1 is 1.36 bits per heavy atom. The van der Waals surface area contributed by atoms with Crippen LogP contribution in [-0.2, 0) is 11.3 Å². The molecule has 2 aliphatic heterocycles. The summed E-state index contributed by atoms with van der Waals surface area (Å²) < 4.78 is 7.63. The van der Waals surface area contributed by atoms with Gasteiger partial charge in [-0.25, -0.2) is 4.79 Å². The van der Waals surface area contributed by atoms with Crippen LogP contribution in [0.1, 0.15) is 38.1 Å². The number of benzene rings is 1. The lowest BCUT2D eigenvalue weighted by Crippen LogP contribution is -2.29. The molecule has 1 saturated heterocycles. The van der Waals surface area contributed by atoms with Crippen LogP contribution in [0.25, 0.3) is 10.9 Å². The maximum atomic E-state index is 12.3. The topological polar surface area (TPSA) is 58.0 Å². The van der Waals surface area contributed by atoms with Crippen molar-refractivity contribution >= 4 is 17.0 Å². The molecule has 1 aromatic carbocycles. The summed E-state index contributed by atoms with van der Waals surface area (Å²) in [6, 6.07) is 10.3. The molecule has 1 aromatic heterocycles. The van der Waals surface area contributed by atoms with Gasteiger partial charge < -0.3 is 9.30 Å². The van der Waals surface area contributed by atoms with Gasteiger partial charge in [0.05, 0.1) is 23.3 Å². The van der Waals surface area contributed by atoms with Crippen molar-refractivity contribution in [3.8, 4) is 6.07 Å². The van der Waals surface area contributed by atoms with Crippen LogP contribution in [0.2, 0.25) is 0 Å². The number of rotatable bonds is 0. The van der Waals surface area contributed by atoms with E-state index < -0.39 is 5.60 Å². The average Bonchev–Trinajstić information content (AvgIpc) is 2.87. The predicted molar refractivity (Wildman–Crippen MR) is 81.3 cm³/mol. The second-order valence-corrected chi connectivity index (χ2v) is 6.90. The minimum Gasteiger partial charge on any atom is -0.444 e. The van der Waals surface area contributed by atoms with Crippen LogP contribution in [-0.4, -0.2) is 27.2 Å². The third kappa shape index (κ3) is 1.67. The number of hydrogen-bond donors (Lipinski definition) is 0. The van der Waals surface area contributed by atoms with E-state index in [0.29, 0.717) is 5.56 Å². The van der Waals surface area contributed by atoms with Crippen molar-refractivity contribution in [1.82, 2.24) is 9.47 Å². The van der Waals surface area contributed by atoms with Crippen molar-refractivity contribution in [2.24, 2.45) is 0 Å². The first-order valence-corrected chi connectivity index (χ1v) is 7.45. The molecule has 2 aliphatic rings. The van der Waals surface area contributed by atoms with E-state index >= 15 is 0 Å². The van der Waals surface area contributed by atoms with Crippen LogP contribution in [0.4, 0.5) is 4.79 Å². The Bertz CT molecular complexity index is 838. The summed E-state index contributed by atoms with van der Waals surface area (Å²) >= 11 is 0. The number of hydrogen-bond acceptors (Lipinski definition) is 3. The molecule has 112 valence electrons. The van der Waals surface area contributed by atoms with Gasteiger partial charge in [0, 0.05) is 17.4 Å². The highest BCUT2D eigenvalue weighted by Crippen LogP contribution is 2.53. The van der Waals surface area contributed by atoms with Gasteiger partial charge in [0.15, 0.2) is 0 Å². The standard InChI is InChI=1S/C17H17N3O2/c1-17(2,3)22-16(21)20-13-9-19-12-7-5-4-6-10(12)11(8-18)14(19)15(13)20/h4-7,13,15H,9H2,1-3H3/t13-,15-,20?/m0/s1. The monoisotopic (exact) mass is 295 g/mol. The molecule has 5 heteroatoms. The SMILES string of the molecule is CC(C)(C)OC(=O)N1[C@@H]2c3c(C#N)c4ccccc4n3C[C@@H]21. The molecule has 2 aromatic rings. The summed E-state index contributed by atoms with van der Waals surface area (Å²) in [6.07, 6.45) is -0.289. The van der Waals surface area contributed by atoms with Crippen molar-refractivity contribution < 1.29 is 9.53 Å². The van der Waals surface area contributed by atoms with Crippen molar-refractivity contribution in [2.45, 2.75) is 45.0 Å². The second-order valence-electron chi connectivity index (χ2n) is 6.90. The third-order valence-corrected chi connectivity index (χ3v) is 4.31. The van der Waals surface area contributed by atoms with Crippen molar-refractivity contribution in [3.05, 3.63) is 35.5 Å². The summed E-state index contributed by atoms with van der Waals surface area (Å²) in [7, 11) is 0. The first-order chi connectivity index (χ1) is 10.4. The smallest absolute Gasteiger partial charge is 0.411 e. The zero-order valence-corrected chi connectivity index (χ0v) is 12.8. The zero-order valence-electron chi connectivity index (χ0n) is 12.8. The van der Waals surface area contributed by atoms with Crippen molar-refractivity contribution in [3.63, 3.8) is 0 Å². The Morgan fingerprint density at radius 2 is 2.09 bits per heavy atom. The third-order valence-electron chi connectivity index (χ3n) is 4.31. The van der Waals surface area contributed by atoms with Gasteiger partial charge in [-0.1, -0.05) is 18.2 Å². The van der Waals surface area contributed by atoms with Crippen LogP contribution in [0.15, 0.2) is 24.3 Å². The van der Waals surface area contributed by atoms with Gasteiger partial charge in [0.1, 0.15) is 11.7 Å². The first kappa shape index (κ1) is 13.2. The molecule has 0 bridgehead atoms. The van der Waals surface area contributed by atoms with Crippen molar-refractivity contribution in [1.29, 1.82) is 5.26 Å². The number of aromatic nitrogens is 1. The Labute approximate surface area is 128 Å². The number of carbonyl (C=O) groups is 1. The molecule has 0 saturated carbocycles. The maximum Gasteiger partial charge on any atom is 0.411 e. The van der Waals surface area contributed by atoms with E-state index in [1.165, 1.54) is 0 Å². The molecule has 22 heavy (non-hydrogen) atoms.